The molecule has 0 atom stereocenters. The minimum absolute atomic E-state index is 0.0406. The van der Waals surface area contributed by atoms with E-state index in [0.717, 1.165) is 36.8 Å². The van der Waals surface area contributed by atoms with Gasteiger partial charge in [0.1, 0.15) is 18.0 Å². The topological polar surface area (TPSA) is 154 Å². The Hall–Kier alpha value is -4.25. The molecule has 1 aliphatic rings. The van der Waals surface area contributed by atoms with Crippen molar-refractivity contribution in [3.63, 3.8) is 0 Å². The van der Waals surface area contributed by atoms with Gasteiger partial charge in [-0.25, -0.2) is 9.61 Å². The average molecular weight is 533 g/mol. The Kier molecular flexibility index (Phi) is 7.34. The molecule has 39 heavy (non-hydrogen) atoms. The van der Waals surface area contributed by atoms with Crippen LogP contribution in [0.5, 0.6) is 5.75 Å². The molecule has 204 valence electrons. The van der Waals surface area contributed by atoms with E-state index in [1.165, 1.54) is 0 Å². The highest BCUT2D eigenvalue weighted by Gasteiger charge is 2.27. The SMILES string of the molecule is CC(C)(COc1ccc2c(C(=O)NC3CCC(c4n[nH]c(=O)c5ccccc45)CC3)cnn2c1)OC(=O)CN. The summed E-state index contributed by atoms with van der Waals surface area (Å²) in [7, 11) is 0. The van der Waals surface area contributed by atoms with Gasteiger partial charge in [-0.2, -0.15) is 10.2 Å². The molecule has 1 amide bonds. The summed E-state index contributed by atoms with van der Waals surface area (Å²) in [5.41, 5.74) is 6.34. The Bertz CT molecular complexity index is 1570. The van der Waals surface area contributed by atoms with Gasteiger partial charge in [-0.05, 0) is 57.7 Å². The number of nitrogens with one attached hydrogen (secondary N) is 2. The van der Waals surface area contributed by atoms with E-state index < -0.39 is 11.6 Å². The van der Waals surface area contributed by atoms with Crippen molar-refractivity contribution in [1.82, 2.24) is 25.1 Å². The first-order valence-electron chi connectivity index (χ1n) is 13.0. The Morgan fingerprint density at radius 2 is 1.87 bits per heavy atom. The zero-order valence-corrected chi connectivity index (χ0v) is 22.0. The number of aromatic nitrogens is 4. The van der Waals surface area contributed by atoms with Crippen LogP contribution in [-0.2, 0) is 9.53 Å². The zero-order valence-electron chi connectivity index (χ0n) is 22.0. The molecule has 11 nitrogen and oxygen atoms in total. The van der Waals surface area contributed by atoms with Crippen LogP contribution in [0.1, 0.15) is 61.5 Å². The summed E-state index contributed by atoms with van der Waals surface area (Å²) in [6, 6.07) is 11.1. The van der Waals surface area contributed by atoms with Gasteiger partial charge >= 0.3 is 5.97 Å². The molecule has 1 saturated carbocycles. The van der Waals surface area contributed by atoms with Gasteiger partial charge in [0.05, 0.1) is 41.1 Å². The smallest absolute Gasteiger partial charge is 0.320 e. The maximum atomic E-state index is 13.1. The number of rotatable bonds is 8. The number of aromatic amines is 1. The molecule has 1 aliphatic carbocycles. The first kappa shape index (κ1) is 26.4. The molecule has 0 aliphatic heterocycles. The van der Waals surface area contributed by atoms with Crippen LogP contribution in [-0.4, -0.2) is 56.5 Å². The lowest BCUT2D eigenvalue weighted by Gasteiger charge is -2.29. The fourth-order valence-electron chi connectivity index (χ4n) is 5.08. The number of amides is 1. The third-order valence-electron chi connectivity index (χ3n) is 7.05. The van der Waals surface area contributed by atoms with Gasteiger partial charge in [-0.1, -0.05) is 18.2 Å². The Morgan fingerprint density at radius 3 is 2.62 bits per heavy atom. The largest absolute Gasteiger partial charge is 0.488 e. The molecule has 1 aromatic carbocycles. The van der Waals surface area contributed by atoms with Crippen molar-refractivity contribution >= 4 is 28.2 Å². The number of hydrogen-bond acceptors (Lipinski definition) is 8. The summed E-state index contributed by atoms with van der Waals surface area (Å²) in [5, 5.41) is 16.0. The highest BCUT2D eigenvalue weighted by atomic mass is 16.6. The summed E-state index contributed by atoms with van der Waals surface area (Å²) in [4.78, 5) is 36.7. The van der Waals surface area contributed by atoms with Gasteiger partial charge in [0.25, 0.3) is 11.5 Å². The molecule has 0 radical (unpaired) electrons. The summed E-state index contributed by atoms with van der Waals surface area (Å²) in [6.45, 7) is 3.41. The standard InChI is InChI=1S/C28H32N6O5/c1-28(2,39-24(35)13-29)16-38-19-11-12-23-22(14-30-34(23)15-19)26(36)31-18-9-7-17(8-10-18)25-20-5-3-4-6-21(20)27(37)33-32-25/h3-6,11-12,14-15,17-18H,7-10,13,16,29H2,1-2H3,(H,31,36)(H,33,37). The molecule has 5 rings (SSSR count). The summed E-state index contributed by atoms with van der Waals surface area (Å²) >= 11 is 0. The molecule has 0 spiro atoms. The first-order valence-corrected chi connectivity index (χ1v) is 13.0. The maximum absolute atomic E-state index is 13.1. The fraction of sp³-hybridized carbons (Fsp3) is 0.393. The predicted octanol–water partition coefficient (Wildman–Crippen LogP) is 2.69. The summed E-state index contributed by atoms with van der Waals surface area (Å²) in [5.74, 6) is 0.0663. The molecule has 4 N–H and O–H groups in total. The third-order valence-corrected chi connectivity index (χ3v) is 7.05. The molecular weight excluding hydrogens is 500 g/mol. The molecule has 11 heteroatoms. The number of carbonyl (C=O) groups excluding carboxylic acids is 2. The molecule has 1 fully saturated rings. The predicted molar refractivity (Wildman–Crippen MR) is 145 cm³/mol. The van der Waals surface area contributed by atoms with E-state index in [1.807, 2.05) is 24.3 Å². The fourth-order valence-corrected chi connectivity index (χ4v) is 5.08. The number of carbonyl (C=O) groups is 2. The van der Waals surface area contributed by atoms with Gasteiger partial charge in [0, 0.05) is 17.3 Å². The number of hydrogen-bond donors (Lipinski definition) is 3. The van der Waals surface area contributed by atoms with Gasteiger partial charge in [0.2, 0.25) is 0 Å². The summed E-state index contributed by atoms with van der Waals surface area (Å²) in [6.07, 6.45) is 6.57. The van der Waals surface area contributed by atoms with Crippen LogP contribution < -0.4 is 21.3 Å². The van der Waals surface area contributed by atoms with Crippen molar-refractivity contribution in [2.45, 2.75) is 57.1 Å². The number of H-pyrrole nitrogens is 1. The van der Waals surface area contributed by atoms with Crippen molar-refractivity contribution in [2.75, 3.05) is 13.2 Å². The van der Waals surface area contributed by atoms with E-state index in [2.05, 4.69) is 20.6 Å². The van der Waals surface area contributed by atoms with Crippen molar-refractivity contribution in [3.05, 3.63) is 70.4 Å². The quantitative estimate of drug-likeness (QED) is 0.293. The van der Waals surface area contributed by atoms with Crippen LogP contribution >= 0.6 is 0 Å². The number of nitrogens with two attached hydrogens (primary N) is 1. The van der Waals surface area contributed by atoms with Crippen LogP contribution in [0.3, 0.4) is 0 Å². The lowest BCUT2D eigenvalue weighted by Crippen LogP contribution is -2.37. The molecule has 4 aromatic rings. The van der Waals surface area contributed by atoms with E-state index >= 15 is 0 Å². The summed E-state index contributed by atoms with van der Waals surface area (Å²) < 4.78 is 12.7. The minimum Gasteiger partial charge on any atom is -0.488 e. The Labute approximate surface area is 224 Å². The van der Waals surface area contributed by atoms with Gasteiger partial charge in [0.15, 0.2) is 0 Å². The van der Waals surface area contributed by atoms with Crippen LogP contribution in [0.25, 0.3) is 16.3 Å². The second-order valence-corrected chi connectivity index (χ2v) is 10.5. The molecule has 0 saturated heterocycles. The third kappa shape index (κ3) is 5.78. The normalized spacial score (nSPS) is 17.7. The van der Waals surface area contributed by atoms with E-state index in [1.54, 1.807) is 42.9 Å². The monoisotopic (exact) mass is 532 g/mol. The maximum Gasteiger partial charge on any atom is 0.320 e. The number of nitrogens with zero attached hydrogens (tertiary/aromatic N) is 3. The molecule has 0 unspecified atom stereocenters. The van der Waals surface area contributed by atoms with Gasteiger partial charge in [-0.3, -0.25) is 14.4 Å². The zero-order chi connectivity index (χ0) is 27.6. The van der Waals surface area contributed by atoms with Crippen molar-refractivity contribution in [1.29, 1.82) is 0 Å². The van der Waals surface area contributed by atoms with E-state index in [9.17, 15) is 14.4 Å². The van der Waals surface area contributed by atoms with Crippen molar-refractivity contribution in [2.24, 2.45) is 5.73 Å². The second kappa shape index (κ2) is 10.9. The van der Waals surface area contributed by atoms with Crippen molar-refractivity contribution < 1.29 is 19.1 Å². The number of ether oxygens (including phenoxy) is 2. The number of fused-ring (bicyclic) bond motifs is 2. The molecule has 0 bridgehead atoms. The lowest BCUT2D eigenvalue weighted by molar-refractivity contribution is -0.157. The van der Waals surface area contributed by atoms with Gasteiger partial charge < -0.3 is 20.5 Å². The highest BCUT2D eigenvalue weighted by Crippen LogP contribution is 2.34. The van der Waals surface area contributed by atoms with Crippen molar-refractivity contribution in [3.8, 4) is 5.75 Å². The van der Waals surface area contributed by atoms with Crippen LogP contribution in [0.2, 0.25) is 0 Å². The van der Waals surface area contributed by atoms with Crippen LogP contribution in [0.15, 0.2) is 53.6 Å². The number of esters is 1. The minimum atomic E-state index is -0.847. The molecule has 3 heterocycles. The van der Waals surface area contributed by atoms with E-state index in [4.69, 9.17) is 15.2 Å². The molecular formula is C28H32N6O5. The number of benzene rings is 1. The first-order chi connectivity index (χ1) is 18.7. The lowest BCUT2D eigenvalue weighted by atomic mass is 9.82. The Morgan fingerprint density at radius 1 is 1.13 bits per heavy atom. The van der Waals surface area contributed by atoms with Crippen LogP contribution in [0, 0.1) is 0 Å². The molecule has 3 aromatic heterocycles. The van der Waals surface area contributed by atoms with Crippen LogP contribution in [0.4, 0.5) is 0 Å². The van der Waals surface area contributed by atoms with Gasteiger partial charge in [-0.15, -0.1) is 0 Å². The highest BCUT2D eigenvalue weighted by molar-refractivity contribution is 6.00. The number of pyridine rings is 1. The van der Waals surface area contributed by atoms with E-state index in [-0.39, 0.29) is 36.6 Å². The Balaban J connectivity index is 1.20. The second-order valence-electron chi connectivity index (χ2n) is 10.5. The average Bonchev–Trinajstić information content (AvgIpc) is 3.36. The van der Waals surface area contributed by atoms with E-state index in [0.29, 0.717) is 22.2 Å².